The average molecular weight is 363 g/mol. The summed E-state index contributed by atoms with van der Waals surface area (Å²) >= 11 is 0. The topological polar surface area (TPSA) is 68.7 Å². The lowest BCUT2D eigenvalue weighted by Crippen LogP contribution is -2.28. The Labute approximate surface area is 159 Å². The molecule has 1 saturated heterocycles. The molecule has 3 heterocycles. The van der Waals surface area contributed by atoms with Crippen LogP contribution in [0.4, 0.5) is 5.95 Å². The predicted molar refractivity (Wildman–Crippen MR) is 105 cm³/mol. The number of ether oxygens (including phenoxy) is 1. The standard InChI is InChI=1S/C21H25N5O/c1-14-5-4-12-25(14)21-24-23-20-11-8-15(13-26(20)21)27-19-10-9-18(22)16-6-2-3-7-17(16)19/h2-3,6-8,11,13-14,18-19H,4-5,9-10,12,22H2,1H3. The minimum Gasteiger partial charge on any atom is -0.484 e. The van der Waals surface area contributed by atoms with E-state index in [2.05, 4.69) is 44.6 Å². The van der Waals surface area contributed by atoms with Crippen LogP contribution in [0.15, 0.2) is 42.6 Å². The third kappa shape index (κ3) is 2.84. The van der Waals surface area contributed by atoms with Gasteiger partial charge in [-0.2, -0.15) is 0 Å². The van der Waals surface area contributed by atoms with Crippen LogP contribution in [0, 0.1) is 0 Å². The van der Waals surface area contributed by atoms with Crippen LogP contribution < -0.4 is 15.4 Å². The Morgan fingerprint density at radius 1 is 1.04 bits per heavy atom. The highest BCUT2D eigenvalue weighted by Gasteiger charge is 2.27. The molecule has 1 fully saturated rings. The van der Waals surface area contributed by atoms with Crippen molar-refractivity contribution in [1.82, 2.24) is 14.6 Å². The van der Waals surface area contributed by atoms with Gasteiger partial charge < -0.3 is 15.4 Å². The van der Waals surface area contributed by atoms with Crippen LogP contribution in [0.25, 0.3) is 5.65 Å². The molecule has 3 unspecified atom stereocenters. The van der Waals surface area contributed by atoms with Crippen molar-refractivity contribution < 1.29 is 4.74 Å². The molecule has 2 N–H and O–H groups in total. The zero-order valence-electron chi connectivity index (χ0n) is 15.6. The van der Waals surface area contributed by atoms with Gasteiger partial charge in [0.05, 0.1) is 6.20 Å². The molecule has 5 rings (SSSR count). The Morgan fingerprint density at radius 2 is 1.89 bits per heavy atom. The minimum atomic E-state index is 0.0316. The van der Waals surface area contributed by atoms with Crippen molar-refractivity contribution >= 4 is 11.6 Å². The molecular formula is C21H25N5O. The Hall–Kier alpha value is -2.60. The number of pyridine rings is 1. The first-order valence-electron chi connectivity index (χ1n) is 9.83. The second-order valence-electron chi connectivity index (χ2n) is 7.70. The van der Waals surface area contributed by atoms with Gasteiger partial charge in [0.25, 0.3) is 0 Å². The first-order valence-corrected chi connectivity index (χ1v) is 9.83. The van der Waals surface area contributed by atoms with Gasteiger partial charge in [-0.3, -0.25) is 4.40 Å². The molecule has 1 aliphatic heterocycles. The van der Waals surface area contributed by atoms with Crippen LogP contribution in [0.2, 0.25) is 0 Å². The number of fused-ring (bicyclic) bond motifs is 2. The molecule has 140 valence electrons. The van der Waals surface area contributed by atoms with Gasteiger partial charge in [0.2, 0.25) is 5.95 Å². The molecule has 3 aromatic rings. The molecule has 0 bridgehead atoms. The van der Waals surface area contributed by atoms with E-state index in [4.69, 9.17) is 10.5 Å². The van der Waals surface area contributed by atoms with E-state index in [9.17, 15) is 0 Å². The van der Waals surface area contributed by atoms with Gasteiger partial charge in [0.1, 0.15) is 11.9 Å². The van der Waals surface area contributed by atoms with E-state index in [0.29, 0.717) is 6.04 Å². The van der Waals surface area contributed by atoms with Gasteiger partial charge in [0, 0.05) is 18.6 Å². The molecule has 6 heteroatoms. The normalized spacial score (nSPS) is 25.0. The lowest BCUT2D eigenvalue weighted by atomic mass is 9.86. The lowest BCUT2D eigenvalue weighted by Gasteiger charge is -2.30. The fraction of sp³-hybridized carbons (Fsp3) is 0.429. The van der Waals surface area contributed by atoms with Crippen molar-refractivity contribution in [3.63, 3.8) is 0 Å². The van der Waals surface area contributed by atoms with E-state index >= 15 is 0 Å². The Kier molecular flexibility index (Phi) is 4.01. The number of nitrogens with zero attached hydrogens (tertiary/aromatic N) is 4. The summed E-state index contributed by atoms with van der Waals surface area (Å²) in [6, 6.07) is 12.9. The number of rotatable bonds is 3. The first-order chi connectivity index (χ1) is 13.2. The van der Waals surface area contributed by atoms with E-state index in [0.717, 1.165) is 36.7 Å². The maximum absolute atomic E-state index is 6.40. The molecule has 6 nitrogen and oxygen atoms in total. The molecule has 3 atom stereocenters. The highest BCUT2D eigenvalue weighted by molar-refractivity contribution is 5.50. The lowest BCUT2D eigenvalue weighted by molar-refractivity contribution is 0.176. The highest BCUT2D eigenvalue weighted by atomic mass is 16.5. The van der Waals surface area contributed by atoms with Gasteiger partial charge in [-0.1, -0.05) is 24.3 Å². The van der Waals surface area contributed by atoms with Gasteiger partial charge in [-0.05, 0) is 55.9 Å². The van der Waals surface area contributed by atoms with E-state index in [-0.39, 0.29) is 12.1 Å². The van der Waals surface area contributed by atoms with Crippen molar-refractivity contribution in [2.75, 3.05) is 11.4 Å². The third-order valence-corrected chi connectivity index (χ3v) is 5.93. The number of hydrogen-bond donors (Lipinski definition) is 1. The van der Waals surface area contributed by atoms with Crippen LogP contribution >= 0.6 is 0 Å². The number of anilines is 1. The van der Waals surface area contributed by atoms with Crippen LogP contribution in [-0.2, 0) is 0 Å². The summed E-state index contributed by atoms with van der Waals surface area (Å²) in [5.41, 5.74) is 9.54. The molecule has 2 aromatic heterocycles. The molecule has 27 heavy (non-hydrogen) atoms. The summed E-state index contributed by atoms with van der Waals surface area (Å²) in [5.74, 6) is 1.75. The molecule has 0 spiro atoms. The molecule has 0 radical (unpaired) electrons. The quantitative estimate of drug-likeness (QED) is 0.769. The summed E-state index contributed by atoms with van der Waals surface area (Å²) in [4.78, 5) is 2.33. The maximum atomic E-state index is 6.40. The van der Waals surface area contributed by atoms with Crippen molar-refractivity contribution in [2.45, 2.75) is 50.8 Å². The van der Waals surface area contributed by atoms with Gasteiger partial charge in [-0.15, -0.1) is 10.2 Å². The SMILES string of the molecule is CC1CCCN1c1nnc2ccc(OC3CCC(N)c4ccccc43)cn12. The first kappa shape index (κ1) is 16.6. The second-order valence-corrected chi connectivity index (χ2v) is 7.70. The molecule has 0 amide bonds. The van der Waals surface area contributed by atoms with Crippen molar-refractivity contribution in [2.24, 2.45) is 5.73 Å². The fourth-order valence-corrected chi connectivity index (χ4v) is 4.43. The summed E-state index contributed by atoms with van der Waals surface area (Å²) in [6.45, 7) is 3.28. The van der Waals surface area contributed by atoms with Crippen LogP contribution in [0.3, 0.4) is 0 Å². The zero-order chi connectivity index (χ0) is 18.4. The number of nitrogens with two attached hydrogens (primary N) is 1. The average Bonchev–Trinajstić information content (AvgIpc) is 3.29. The van der Waals surface area contributed by atoms with E-state index in [1.807, 2.05) is 24.4 Å². The third-order valence-electron chi connectivity index (χ3n) is 5.93. The Balaban J connectivity index is 1.47. The number of aromatic nitrogens is 3. The van der Waals surface area contributed by atoms with Crippen molar-refractivity contribution in [1.29, 1.82) is 0 Å². The zero-order valence-corrected chi connectivity index (χ0v) is 15.6. The smallest absolute Gasteiger partial charge is 0.232 e. The molecule has 2 aliphatic rings. The highest BCUT2D eigenvalue weighted by Crippen LogP contribution is 2.37. The van der Waals surface area contributed by atoms with Gasteiger partial charge >= 0.3 is 0 Å². The summed E-state index contributed by atoms with van der Waals surface area (Å²) in [6.07, 6.45) is 6.31. The van der Waals surface area contributed by atoms with Gasteiger partial charge in [-0.25, -0.2) is 0 Å². The minimum absolute atomic E-state index is 0.0316. The van der Waals surface area contributed by atoms with Gasteiger partial charge in [0.15, 0.2) is 5.65 Å². The summed E-state index contributed by atoms with van der Waals surface area (Å²) in [7, 11) is 0. The van der Waals surface area contributed by atoms with Crippen LogP contribution in [0.1, 0.15) is 55.9 Å². The number of benzene rings is 1. The molecule has 1 aliphatic carbocycles. The second kappa shape index (κ2) is 6.53. The summed E-state index contributed by atoms with van der Waals surface area (Å²) in [5, 5.41) is 8.76. The largest absolute Gasteiger partial charge is 0.484 e. The number of hydrogen-bond acceptors (Lipinski definition) is 5. The van der Waals surface area contributed by atoms with Crippen LogP contribution in [-0.4, -0.2) is 27.2 Å². The maximum Gasteiger partial charge on any atom is 0.232 e. The van der Waals surface area contributed by atoms with E-state index in [1.165, 1.54) is 24.0 Å². The molecule has 1 aromatic carbocycles. The molecular weight excluding hydrogens is 338 g/mol. The Morgan fingerprint density at radius 3 is 2.70 bits per heavy atom. The summed E-state index contributed by atoms with van der Waals surface area (Å²) < 4.78 is 8.45. The predicted octanol–water partition coefficient (Wildman–Crippen LogP) is 3.63. The van der Waals surface area contributed by atoms with Crippen molar-refractivity contribution in [3.8, 4) is 5.75 Å². The monoisotopic (exact) mass is 363 g/mol. The van der Waals surface area contributed by atoms with E-state index < -0.39 is 0 Å². The molecule has 0 saturated carbocycles. The van der Waals surface area contributed by atoms with Crippen molar-refractivity contribution in [3.05, 3.63) is 53.7 Å². The fourth-order valence-electron chi connectivity index (χ4n) is 4.43. The van der Waals surface area contributed by atoms with E-state index in [1.54, 1.807) is 0 Å². The van der Waals surface area contributed by atoms with Crippen LogP contribution in [0.5, 0.6) is 5.75 Å². The Bertz CT molecular complexity index is 968.